The van der Waals surface area contributed by atoms with Gasteiger partial charge in [-0.2, -0.15) is 0 Å². The lowest BCUT2D eigenvalue weighted by Crippen LogP contribution is -2.50. The molecular formula is C39H37N5O8. The highest BCUT2D eigenvalue weighted by atomic mass is 16.6. The molecule has 4 aromatic carbocycles. The second-order valence-corrected chi connectivity index (χ2v) is 12.2. The number of aliphatic hydroxyl groups excluding tert-OH is 2. The van der Waals surface area contributed by atoms with Gasteiger partial charge in [0.15, 0.2) is 23.8 Å². The normalized spacial score (nSPS) is 19.3. The Morgan fingerprint density at radius 2 is 1.37 bits per heavy atom. The maximum absolute atomic E-state index is 14.6. The first-order chi connectivity index (χ1) is 25.3. The monoisotopic (exact) mass is 703 g/mol. The Balaban J connectivity index is 1.37. The predicted molar refractivity (Wildman–Crippen MR) is 190 cm³/mol. The summed E-state index contributed by atoms with van der Waals surface area (Å²) in [5, 5.41) is 23.2. The van der Waals surface area contributed by atoms with Crippen molar-refractivity contribution in [2.75, 3.05) is 26.6 Å². The summed E-state index contributed by atoms with van der Waals surface area (Å²) in [7, 11) is 3.15. The van der Waals surface area contributed by atoms with Gasteiger partial charge in [0, 0.05) is 0 Å². The molecule has 1 unspecified atom stereocenters. The van der Waals surface area contributed by atoms with E-state index in [1.54, 1.807) is 62.8 Å². The molecule has 0 amide bonds. The minimum absolute atomic E-state index is 0.134. The average molecular weight is 704 g/mol. The fourth-order valence-corrected chi connectivity index (χ4v) is 6.51. The number of anilines is 1. The Morgan fingerprint density at radius 1 is 0.788 bits per heavy atom. The molecule has 6 aromatic rings. The number of fused-ring (bicyclic) bond motifs is 1. The fraction of sp³-hybridized carbons (Fsp3) is 0.231. The van der Waals surface area contributed by atoms with Gasteiger partial charge < -0.3 is 39.6 Å². The summed E-state index contributed by atoms with van der Waals surface area (Å²) in [5.41, 5.74) is 7.06. The number of Topliss-reactive ketones (excluding diaryl/α,β-unsaturated/α-hetero) is 1. The van der Waals surface area contributed by atoms with Gasteiger partial charge in [0.25, 0.3) is 0 Å². The zero-order chi connectivity index (χ0) is 36.2. The van der Waals surface area contributed by atoms with Crippen molar-refractivity contribution in [3.63, 3.8) is 0 Å². The molecule has 4 N–H and O–H groups in total. The highest BCUT2D eigenvalue weighted by Gasteiger charge is 2.53. The lowest BCUT2D eigenvalue weighted by Gasteiger charge is -2.40. The predicted octanol–water partition coefficient (Wildman–Crippen LogP) is 4.07. The lowest BCUT2D eigenvalue weighted by molar-refractivity contribution is -0.167. The van der Waals surface area contributed by atoms with Crippen LogP contribution in [0.3, 0.4) is 0 Å². The minimum atomic E-state index is -1.60. The molecule has 0 saturated carbocycles. The first-order valence-electron chi connectivity index (χ1n) is 16.5. The molecule has 0 bridgehead atoms. The van der Waals surface area contributed by atoms with Gasteiger partial charge in [0.05, 0.1) is 20.5 Å². The number of methoxy groups -OCH3 is 2. The summed E-state index contributed by atoms with van der Waals surface area (Å²) < 4.78 is 31.9. The van der Waals surface area contributed by atoms with Crippen LogP contribution in [-0.4, -0.2) is 80.8 Å². The molecule has 1 aliphatic heterocycles. The number of benzene rings is 4. The van der Waals surface area contributed by atoms with Crippen molar-refractivity contribution < 1.29 is 38.7 Å². The van der Waals surface area contributed by atoms with Crippen LogP contribution in [0.25, 0.3) is 11.2 Å². The van der Waals surface area contributed by atoms with Crippen molar-refractivity contribution in [2.24, 2.45) is 0 Å². The lowest BCUT2D eigenvalue weighted by atomic mass is 9.79. The van der Waals surface area contributed by atoms with Crippen molar-refractivity contribution in [2.45, 2.75) is 36.2 Å². The van der Waals surface area contributed by atoms with Crippen LogP contribution >= 0.6 is 0 Å². The van der Waals surface area contributed by atoms with Crippen LogP contribution in [0.2, 0.25) is 0 Å². The molecule has 0 aliphatic carbocycles. The maximum Gasteiger partial charge on any atom is 0.201 e. The van der Waals surface area contributed by atoms with Gasteiger partial charge in [-0.1, -0.05) is 72.8 Å². The zero-order valence-corrected chi connectivity index (χ0v) is 28.4. The van der Waals surface area contributed by atoms with E-state index < -0.39 is 48.6 Å². The number of aromatic nitrogens is 4. The van der Waals surface area contributed by atoms with E-state index in [1.807, 2.05) is 60.7 Å². The quantitative estimate of drug-likeness (QED) is 0.148. The van der Waals surface area contributed by atoms with Crippen LogP contribution in [-0.2, 0) is 19.9 Å². The number of nitrogens with zero attached hydrogens (tertiary/aromatic N) is 4. The number of carbonyl (C=O) groups is 1. The third-order valence-corrected chi connectivity index (χ3v) is 9.15. The number of rotatable bonds is 13. The van der Waals surface area contributed by atoms with Crippen LogP contribution in [0.1, 0.15) is 22.9 Å². The largest absolute Gasteiger partial charge is 0.497 e. The van der Waals surface area contributed by atoms with E-state index in [0.29, 0.717) is 39.5 Å². The second kappa shape index (κ2) is 14.8. The third kappa shape index (κ3) is 6.42. The molecule has 13 heteroatoms. The van der Waals surface area contributed by atoms with E-state index >= 15 is 0 Å². The first kappa shape index (κ1) is 34.6. The van der Waals surface area contributed by atoms with Crippen LogP contribution in [0.4, 0.5) is 5.82 Å². The number of nitrogen functional groups attached to an aromatic ring is 1. The van der Waals surface area contributed by atoms with Crippen molar-refractivity contribution in [1.29, 1.82) is 0 Å². The van der Waals surface area contributed by atoms with Gasteiger partial charge in [-0.3, -0.25) is 9.36 Å². The van der Waals surface area contributed by atoms with Crippen molar-refractivity contribution in [1.82, 2.24) is 19.5 Å². The van der Waals surface area contributed by atoms with E-state index in [9.17, 15) is 15.0 Å². The van der Waals surface area contributed by atoms with E-state index in [4.69, 9.17) is 29.4 Å². The van der Waals surface area contributed by atoms with Crippen LogP contribution in [0, 0.1) is 0 Å². The highest BCUT2D eigenvalue weighted by molar-refractivity contribution is 5.86. The molecular weight excluding hydrogens is 666 g/mol. The summed E-state index contributed by atoms with van der Waals surface area (Å²) in [5.74, 6) is 1.27. The van der Waals surface area contributed by atoms with Crippen LogP contribution in [0.5, 0.6) is 17.2 Å². The molecule has 1 aliphatic rings. The van der Waals surface area contributed by atoms with Crippen molar-refractivity contribution in [3.05, 3.63) is 139 Å². The van der Waals surface area contributed by atoms with E-state index in [0.717, 1.165) is 0 Å². The Morgan fingerprint density at radius 3 is 1.96 bits per heavy atom. The molecule has 1 fully saturated rings. The molecule has 3 heterocycles. The van der Waals surface area contributed by atoms with E-state index in [2.05, 4.69) is 15.0 Å². The highest BCUT2D eigenvalue weighted by Crippen LogP contribution is 2.45. The second-order valence-electron chi connectivity index (χ2n) is 12.2. The number of para-hydroxylation sites is 1. The standard InChI is InChI=1S/C39H37N5O8/c1-48-27-17-13-25(14-18-27)39(24-9-5-3-6-10-24,26-15-19-28(49-2)20-16-26)52-34(30(45)21-50-29-11-7-4-8-12-29)35-32(46)33(47)38(51-35)44-23-43-31-36(40)41-22-42-37(31)44/h3-20,22-23,32-35,38,46-47H,21H2,1-2H3,(H2,40,41,42)/t32-,33+,34?,35-,38+/m0/s1. The van der Waals surface area contributed by atoms with Gasteiger partial charge in [-0.05, 0) is 53.1 Å². The molecule has 1 saturated heterocycles. The number of carbonyl (C=O) groups excluding carboxylic acids is 1. The van der Waals surface area contributed by atoms with Gasteiger partial charge in [-0.25, -0.2) is 15.0 Å². The van der Waals surface area contributed by atoms with Crippen LogP contribution < -0.4 is 19.9 Å². The molecule has 7 rings (SSSR count). The fourth-order valence-electron chi connectivity index (χ4n) is 6.51. The summed E-state index contributed by atoms with van der Waals surface area (Å²) >= 11 is 0. The van der Waals surface area contributed by atoms with E-state index in [1.165, 1.54) is 17.2 Å². The summed E-state index contributed by atoms with van der Waals surface area (Å²) in [6.07, 6.45) is -4.62. The number of imidazole rings is 1. The number of ether oxygens (including phenoxy) is 5. The Labute approximate surface area is 299 Å². The number of ketones is 1. The SMILES string of the molecule is COc1ccc(C(OC(C(=O)COc2ccccc2)[C@H]2O[C@@H](n3cnc4c(N)ncnc43)[C@H](O)[C@@H]2O)(c2ccccc2)c2ccc(OC)cc2)cc1. The molecule has 13 nitrogen and oxygen atoms in total. The Kier molecular flexibility index (Phi) is 9.83. The number of hydrogen-bond acceptors (Lipinski definition) is 12. The van der Waals surface area contributed by atoms with Gasteiger partial charge in [-0.15, -0.1) is 0 Å². The summed E-state index contributed by atoms with van der Waals surface area (Å²) in [4.78, 5) is 27.1. The van der Waals surface area contributed by atoms with Gasteiger partial charge in [0.2, 0.25) is 5.78 Å². The molecule has 2 aromatic heterocycles. The Bertz CT molecular complexity index is 2070. The topological polar surface area (TPSA) is 173 Å². The van der Waals surface area contributed by atoms with Gasteiger partial charge >= 0.3 is 0 Å². The number of nitrogens with two attached hydrogens (primary N) is 1. The molecule has 5 atom stereocenters. The smallest absolute Gasteiger partial charge is 0.201 e. The molecule has 0 spiro atoms. The zero-order valence-electron chi connectivity index (χ0n) is 28.4. The summed E-state index contributed by atoms with van der Waals surface area (Å²) in [6.45, 7) is -0.435. The number of hydrogen-bond donors (Lipinski definition) is 3. The average Bonchev–Trinajstić information content (AvgIpc) is 3.76. The molecule has 52 heavy (non-hydrogen) atoms. The van der Waals surface area contributed by atoms with Crippen molar-refractivity contribution >= 4 is 22.8 Å². The number of aliphatic hydroxyl groups is 2. The van der Waals surface area contributed by atoms with Crippen LogP contribution in [0.15, 0.2) is 122 Å². The third-order valence-electron chi connectivity index (χ3n) is 9.15. The minimum Gasteiger partial charge on any atom is -0.497 e. The first-order valence-corrected chi connectivity index (χ1v) is 16.5. The van der Waals surface area contributed by atoms with E-state index in [-0.39, 0.29) is 11.5 Å². The van der Waals surface area contributed by atoms with Gasteiger partial charge in [0.1, 0.15) is 59.6 Å². The molecule has 266 valence electrons. The molecule has 0 radical (unpaired) electrons. The Hall–Kier alpha value is -5.86. The maximum atomic E-state index is 14.6. The van der Waals surface area contributed by atoms with Crippen molar-refractivity contribution in [3.8, 4) is 17.2 Å². The summed E-state index contributed by atoms with van der Waals surface area (Å²) in [6, 6.07) is 32.9.